The third kappa shape index (κ3) is 3.59. The van der Waals surface area contributed by atoms with E-state index in [0.717, 1.165) is 23.9 Å². The summed E-state index contributed by atoms with van der Waals surface area (Å²) in [6, 6.07) is 8.48. The smallest absolute Gasteiger partial charge is 0.129 e. The van der Waals surface area contributed by atoms with Crippen molar-refractivity contribution in [2.45, 2.75) is 19.1 Å². The molecule has 2 aromatic rings. The SMILES string of the molecule is C[C@H](NCC(O)c1cc(F)ccc1F)c1ccccn1. The lowest BCUT2D eigenvalue weighted by atomic mass is 10.1. The molecule has 0 fully saturated rings. The highest BCUT2D eigenvalue weighted by Gasteiger charge is 2.15. The standard InChI is InChI=1S/C15H16F2N2O/c1-10(14-4-2-3-7-18-14)19-9-15(20)12-8-11(16)5-6-13(12)17/h2-8,10,15,19-20H,9H2,1H3/t10-,15?/m0/s1. The highest BCUT2D eigenvalue weighted by atomic mass is 19.1. The van der Waals surface area contributed by atoms with Gasteiger partial charge >= 0.3 is 0 Å². The normalized spacial score (nSPS) is 14.0. The maximum Gasteiger partial charge on any atom is 0.129 e. The largest absolute Gasteiger partial charge is 0.387 e. The van der Waals surface area contributed by atoms with Crippen LogP contribution in [-0.2, 0) is 0 Å². The summed E-state index contributed by atoms with van der Waals surface area (Å²) in [6.45, 7) is 2.00. The van der Waals surface area contributed by atoms with Crippen molar-refractivity contribution in [2.24, 2.45) is 0 Å². The van der Waals surface area contributed by atoms with E-state index in [1.54, 1.807) is 6.20 Å². The molecule has 0 aliphatic rings. The molecule has 0 aliphatic heterocycles. The first-order valence-corrected chi connectivity index (χ1v) is 6.35. The molecule has 0 amide bonds. The van der Waals surface area contributed by atoms with Gasteiger partial charge in [0.1, 0.15) is 11.6 Å². The summed E-state index contributed by atoms with van der Waals surface area (Å²) in [4.78, 5) is 4.18. The van der Waals surface area contributed by atoms with Crippen LogP contribution in [0.3, 0.4) is 0 Å². The molecular formula is C15H16F2N2O. The minimum atomic E-state index is -1.11. The van der Waals surface area contributed by atoms with E-state index >= 15 is 0 Å². The monoisotopic (exact) mass is 278 g/mol. The Kier molecular flexibility index (Phi) is 4.76. The van der Waals surface area contributed by atoms with E-state index in [2.05, 4.69) is 10.3 Å². The van der Waals surface area contributed by atoms with E-state index in [4.69, 9.17) is 0 Å². The first-order valence-electron chi connectivity index (χ1n) is 6.35. The number of hydrogen-bond donors (Lipinski definition) is 2. The van der Waals surface area contributed by atoms with Gasteiger partial charge in [0.15, 0.2) is 0 Å². The lowest BCUT2D eigenvalue weighted by Crippen LogP contribution is -2.25. The highest BCUT2D eigenvalue weighted by molar-refractivity contribution is 5.21. The van der Waals surface area contributed by atoms with Crippen LogP contribution < -0.4 is 5.32 Å². The van der Waals surface area contributed by atoms with E-state index in [1.165, 1.54) is 0 Å². The fourth-order valence-electron chi connectivity index (χ4n) is 1.91. The van der Waals surface area contributed by atoms with Gasteiger partial charge in [0, 0.05) is 24.3 Å². The predicted molar refractivity (Wildman–Crippen MR) is 72.0 cm³/mol. The zero-order valence-electron chi connectivity index (χ0n) is 11.1. The van der Waals surface area contributed by atoms with Gasteiger partial charge in [0.2, 0.25) is 0 Å². The fourth-order valence-corrected chi connectivity index (χ4v) is 1.91. The highest BCUT2D eigenvalue weighted by Crippen LogP contribution is 2.18. The first-order chi connectivity index (χ1) is 9.58. The lowest BCUT2D eigenvalue weighted by molar-refractivity contribution is 0.165. The molecule has 0 saturated heterocycles. The van der Waals surface area contributed by atoms with Gasteiger partial charge in [0.05, 0.1) is 11.8 Å². The van der Waals surface area contributed by atoms with Crippen molar-refractivity contribution in [3.8, 4) is 0 Å². The van der Waals surface area contributed by atoms with Gasteiger partial charge in [-0.05, 0) is 37.3 Å². The summed E-state index contributed by atoms with van der Waals surface area (Å²) in [6.07, 6.45) is 0.563. The molecule has 0 bridgehead atoms. The van der Waals surface area contributed by atoms with Crippen LogP contribution in [0.25, 0.3) is 0 Å². The average molecular weight is 278 g/mol. The first kappa shape index (κ1) is 14.6. The number of nitrogens with zero attached hydrogens (tertiary/aromatic N) is 1. The van der Waals surface area contributed by atoms with Gasteiger partial charge in [0.25, 0.3) is 0 Å². The van der Waals surface area contributed by atoms with Gasteiger partial charge in [-0.25, -0.2) is 8.78 Å². The van der Waals surface area contributed by atoms with Gasteiger partial charge in [-0.3, -0.25) is 4.98 Å². The third-order valence-electron chi connectivity index (χ3n) is 3.07. The predicted octanol–water partition coefficient (Wildman–Crippen LogP) is 2.74. The summed E-state index contributed by atoms with van der Waals surface area (Å²) >= 11 is 0. The van der Waals surface area contributed by atoms with Crippen molar-refractivity contribution in [2.75, 3.05) is 6.54 Å². The Labute approximate surface area is 116 Å². The minimum absolute atomic E-state index is 0.0503. The van der Waals surface area contributed by atoms with Crippen LogP contribution in [0.1, 0.15) is 30.3 Å². The van der Waals surface area contributed by atoms with Crippen molar-refractivity contribution in [1.82, 2.24) is 10.3 Å². The minimum Gasteiger partial charge on any atom is -0.387 e. The fraction of sp³-hybridized carbons (Fsp3) is 0.267. The van der Waals surface area contributed by atoms with Crippen LogP contribution in [0.5, 0.6) is 0 Å². The molecule has 106 valence electrons. The quantitative estimate of drug-likeness (QED) is 0.884. The summed E-state index contributed by atoms with van der Waals surface area (Å²) in [5.41, 5.74) is 0.769. The Hall–Kier alpha value is -1.85. The van der Waals surface area contributed by atoms with Crippen LogP contribution in [-0.4, -0.2) is 16.6 Å². The summed E-state index contributed by atoms with van der Waals surface area (Å²) < 4.78 is 26.6. The average Bonchev–Trinajstić information content (AvgIpc) is 2.47. The maximum absolute atomic E-state index is 13.5. The molecule has 1 aromatic heterocycles. The van der Waals surface area contributed by atoms with Crippen LogP contribution in [0, 0.1) is 11.6 Å². The second-order valence-electron chi connectivity index (χ2n) is 4.57. The third-order valence-corrected chi connectivity index (χ3v) is 3.07. The zero-order valence-corrected chi connectivity index (χ0v) is 11.1. The van der Waals surface area contributed by atoms with Gasteiger partial charge in [-0.15, -0.1) is 0 Å². The van der Waals surface area contributed by atoms with E-state index in [-0.39, 0.29) is 18.2 Å². The number of aliphatic hydroxyl groups excluding tert-OH is 1. The molecule has 3 nitrogen and oxygen atoms in total. The second kappa shape index (κ2) is 6.54. The van der Waals surface area contributed by atoms with E-state index in [1.807, 2.05) is 25.1 Å². The maximum atomic E-state index is 13.5. The van der Waals surface area contributed by atoms with E-state index in [9.17, 15) is 13.9 Å². The van der Waals surface area contributed by atoms with E-state index < -0.39 is 17.7 Å². The van der Waals surface area contributed by atoms with Crippen LogP contribution in [0.15, 0.2) is 42.6 Å². The molecule has 5 heteroatoms. The van der Waals surface area contributed by atoms with Crippen LogP contribution in [0.2, 0.25) is 0 Å². The molecule has 0 spiro atoms. The van der Waals surface area contributed by atoms with Gasteiger partial charge in [-0.1, -0.05) is 6.07 Å². The Morgan fingerprint density at radius 3 is 2.75 bits per heavy atom. The summed E-state index contributed by atoms with van der Waals surface area (Å²) in [5, 5.41) is 13.0. The summed E-state index contributed by atoms with van der Waals surface area (Å²) in [7, 11) is 0. The Morgan fingerprint density at radius 1 is 1.25 bits per heavy atom. The number of pyridine rings is 1. The molecule has 2 N–H and O–H groups in total. The van der Waals surface area contributed by atoms with Crippen molar-refractivity contribution >= 4 is 0 Å². The van der Waals surface area contributed by atoms with Crippen molar-refractivity contribution in [3.05, 3.63) is 65.5 Å². The Morgan fingerprint density at radius 2 is 2.05 bits per heavy atom. The number of nitrogens with one attached hydrogen (secondary N) is 1. The zero-order chi connectivity index (χ0) is 14.5. The number of rotatable bonds is 5. The van der Waals surface area contributed by atoms with Crippen LogP contribution >= 0.6 is 0 Å². The number of hydrogen-bond acceptors (Lipinski definition) is 3. The van der Waals surface area contributed by atoms with Gasteiger partial charge < -0.3 is 10.4 Å². The molecule has 2 atom stereocenters. The van der Waals surface area contributed by atoms with Gasteiger partial charge in [-0.2, -0.15) is 0 Å². The molecule has 1 heterocycles. The second-order valence-corrected chi connectivity index (χ2v) is 4.57. The molecule has 2 rings (SSSR count). The molecule has 1 unspecified atom stereocenters. The van der Waals surface area contributed by atoms with Crippen molar-refractivity contribution in [1.29, 1.82) is 0 Å². The number of aliphatic hydroxyl groups is 1. The number of benzene rings is 1. The molecule has 0 radical (unpaired) electrons. The molecule has 20 heavy (non-hydrogen) atoms. The Balaban J connectivity index is 1.98. The topological polar surface area (TPSA) is 45.1 Å². The van der Waals surface area contributed by atoms with Crippen molar-refractivity contribution in [3.63, 3.8) is 0 Å². The molecule has 1 aromatic carbocycles. The lowest BCUT2D eigenvalue weighted by Gasteiger charge is -2.17. The van der Waals surface area contributed by atoms with Crippen LogP contribution in [0.4, 0.5) is 8.78 Å². The summed E-state index contributed by atoms with van der Waals surface area (Å²) in [5.74, 6) is -1.19. The Bertz CT molecular complexity index is 563. The molecular weight excluding hydrogens is 262 g/mol. The number of aromatic nitrogens is 1. The van der Waals surface area contributed by atoms with Crippen molar-refractivity contribution < 1.29 is 13.9 Å². The number of halogens is 2. The molecule has 0 aliphatic carbocycles. The molecule has 0 saturated carbocycles. The van der Waals surface area contributed by atoms with E-state index in [0.29, 0.717) is 0 Å².